The van der Waals surface area contributed by atoms with E-state index in [2.05, 4.69) is 10.2 Å². The highest BCUT2D eigenvalue weighted by molar-refractivity contribution is 5.92. The molecule has 3 heterocycles. The van der Waals surface area contributed by atoms with Crippen LogP contribution in [0.2, 0.25) is 0 Å². The summed E-state index contributed by atoms with van der Waals surface area (Å²) in [5.41, 5.74) is 0.565. The lowest BCUT2D eigenvalue weighted by atomic mass is 10.0. The number of hydrogen-bond acceptors (Lipinski definition) is 6. The summed E-state index contributed by atoms with van der Waals surface area (Å²) in [4.78, 5) is 14.4. The molecule has 4 atom stereocenters. The Hall–Kier alpha value is -1.45. The van der Waals surface area contributed by atoms with E-state index in [1.54, 1.807) is 10.6 Å². The van der Waals surface area contributed by atoms with Gasteiger partial charge in [-0.1, -0.05) is 0 Å². The number of nitrogens with one attached hydrogen (secondary N) is 1. The van der Waals surface area contributed by atoms with Gasteiger partial charge in [0.1, 0.15) is 17.9 Å². The number of aryl methyl sites for hydroxylation is 1. The molecule has 24 heavy (non-hydrogen) atoms. The molecule has 1 aromatic heterocycles. The van der Waals surface area contributed by atoms with Gasteiger partial charge in [0, 0.05) is 32.9 Å². The van der Waals surface area contributed by atoms with Gasteiger partial charge in [0.25, 0.3) is 5.91 Å². The van der Waals surface area contributed by atoms with Gasteiger partial charge in [0.2, 0.25) is 0 Å². The molecule has 8 nitrogen and oxygen atoms in total. The first-order chi connectivity index (χ1) is 11.6. The van der Waals surface area contributed by atoms with Crippen molar-refractivity contribution in [2.45, 2.75) is 24.4 Å². The lowest BCUT2D eigenvalue weighted by Gasteiger charge is -2.36. The average molecular weight is 339 g/mol. The Morgan fingerprint density at radius 3 is 2.75 bits per heavy atom. The minimum Gasteiger partial charge on any atom is -0.394 e. The van der Waals surface area contributed by atoms with Crippen LogP contribution in [0.1, 0.15) is 10.5 Å². The Morgan fingerprint density at radius 2 is 2.12 bits per heavy atom. The topological polar surface area (TPSA) is 96.2 Å². The summed E-state index contributed by atoms with van der Waals surface area (Å²) < 4.78 is 12.9. The van der Waals surface area contributed by atoms with E-state index in [4.69, 9.17) is 9.47 Å². The van der Waals surface area contributed by atoms with Gasteiger partial charge in [-0.15, -0.1) is 0 Å². The molecule has 1 amide bonds. The van der Waals surface area contributed by atoms with E-state index < -0.39 is 12.2 Å². The number of rotatable bonds is 5. The van der Waals surface area contributed by atoms with E-state index in [1.165, 1.54) is 0 Å². The number of amides is 1. The van der Waals surface area contributed by atoms with Crippen LogP contribution in [-0.4, -0.2) is 89.4 Å². The van der Waals surface area contributed by atoms with Gasteiger partial charge in [-0.3, -0.25) is 9.69 Å². The fourth-order valence-corrected chi connectivity index (χ4v) is 3.45. The zero-order valence-corrected chi connectivity index (χ0v) is 13.8. The number of carbonyl (C=O) groups excluding carboxylic acids is 1. The molecule has 0 aliphatic carbocycles. The molecule has 3 rings (SSSR count). The van der Waals surface area contributed by atoms with Crippen molar-refractivity contribution in [1.82, 2.24) is 14.8 Å². The van der Waals surface area contributed by atoms with Crippen LogP contribution in [0, 0.1) is 0 Å². The van der Waals surface area contributed by atoms with Crippen molar-refractivity contribution in [3.63, 3.8) is 0 Å². The van der Waals surface area contributed by atoms with Crippen LogP contribution in [0.3, 0.4) is 0 Å². The van der Waals surface area contributed by atoms with Crippen molar-refractivity contribution in [3.8, 4) is 0 Å². The molecule has 2 saturated heterocycles. The summed E-state index contributed by atoms with van der Waals surface area (Å²) in [5.74, 6) is -0.186. The van der Waals surface area contributed by atoms with E-state index in [1.807, 2.05) is 19.3 Å². The Balaban J connectivity index is 1.65. The smallest absolute Gasteiger partial charge is 0.267 e. The number of aromatic nitrogens is 1. The van der Waals surface area contributed by atoms with Crippen LogP contribution in [0.4, 0.5) is 0 Å². The van der Waals surface area contributed by atoms with Gasteiger partial charge in [-0.2, -0.15) is 0 Å². The van der Waals surface area contributed by atoms with Crippen LogP contribution in [-0.2, 0) is 16.5 Å². The second-order valence-electron chi connectivity index (χ2n) is 6.24. The largest absolute Gasteiger partial charge is 0.394 e. The monoisotopic (exact) mass is 339 g/mol. The van der Waals surface area contributed by atoms with E-state index in [0.29, 0.717) is 32.0 Å². The van der Waals surface area contributed by atoms with Crippen molar-refractivity contribution in [3.05, 3.63) is 24.0 Å². The van der Waals surface area contributed by atoms with E-state index >= 15 is 0 Å². The van der Waals surface area contributed by atoms with E-state index in [0.717, 1.165) is 0 Å². The molecule has 2 aliphatic heterocycles. The zero-order chi connectivity index (χ0) is 17.1. The van der Waals surface area contributed by atoms with Gasteiger partial charge in [0.15, 0.2) is 0 Å². The van der Waals surface area contributed by atoms with Gasteiger partial charge < -0.3 is 29.6 Å². The number of nitrogens with zero attached hydrogens (tertiary/aromatic N) is 2. The molecule has 0 saturated carbocycles. The third kappa shape index (κ3) is 3.47. The highest BCUT2D eigenvalue weighted by atomic mass is 16.5. The zero-order valence-electron chi connectivity index (χ0n) is 13.8. The van der Waals surface area contributed by atoms with E-state index in [-0.39, 0.29) is 31.2 Å². The molecule has 134 valence electrons. The molecule has 0 radical (unpaired) electrons. The molecule has 2 aliphatic rings. The predicted molar refractivity (Wildman–Crippen MR) is 85.7 cm³/mol. The number of carbonyl (C=O) groups is 1. The Bertz CT molecular complexity index is 558. The normalized spacial score (nSPS) is 31.3. The third-order valence-corrected chi connectivity index (χ3v) is 4.75. The van der Waals surface area contributed by atoms with Crippen molar-refractivity contribution >= 4 is 5.91 Å². The highest BCUT2D eigenvalue weighted by Crippen LogP contribution is 2.26. The Morgan fingerprint density at radius 1 is 1.38 bits per heavy atom. The van der Waals surface area contributed by atoms with Crippen molar-refractivity contribution < 1.29 is 24.5 Å². The summed E-state index contributed by atoms with van der Waals surface area (Å²) in [6, 6.07) is 3.29. The first kappa shape index (κ1) is 17.4. The fourth-order valence-electron chi connectivity index (χ4n) is 3.45. The first-order valence-electron chi connectivity index (χ1n) is 8.27. The fraction of sp³-hybridized carbons (Fsp3) is 0.688. The minimum atomic E-state index is -0.787. The van der Waals surface area contributed by atoms with Gasteiger partial charge in [-0.25, -0.2) is 0 Å². The Labute approximate surface area is 141 Å². The van der Waals surface area contributed by atoms with E-state index in [9.17, 15) is 15.0 Å². The highest BCUT2D eigenvalue weighted by Gasteiger charge is 2.46. The predicted octanol–water partition coefficient (Wildman–Crippen LogP) is -1.42. The Kier molecular flexibility index (Phi) is 5.52. The van der Waals surface area contributed by atoms with Crippen LogP contribution < -0.4 is 5.32 Å². The van der Waals surface area contributed by atoms with Crippen molar-refractivity contribution in [1.29, 1.82) is 0 Å². The van der Waals surface area contributed by atoms with Gasteiger partial charge >= 0.3 is 0 Å². The summed E-state index contributed by atoms with van der Waals surface area (Å²) in [5, 5.41) is 22.8. The third-order valence-electron chi connectivity index (χ3n) is 4.75. The molecule has 0 spiro atoms. The lowest BCUT2D eigenvalue weighted by molar-refractivity contribution is -0.0220. The van der Waals surface area contributed by atoms with Crippen LogP contribution in [0.25, 0.3) is 0 Å². The van der Waals surface area contributed by atoms with Crippen LogP contribution in [0.5, 0.6) is 0 Å². The molecule has 0 unspecified atom stereocenters. The maximum absolute atomic E-state index is 12.3. The number of aliphatic hydroxyl groups excluding tert-OH is 2. The number of morpholine rings is 1. The summed E-state index contributed by atoms with van der Waals surface area (Å²) in [6.07, 6.45) is 0.0163. The van der Waals surface area contributed by atoms with Gasteiger partial charge in [0.05, 0.1) is 32.0 Å². The second kappa shape index (κ2) is 7.62. The quantitative estimate of drug-likeness (QED) is 0.609. The van der Waals surface area contributed by atoms with Gasteiger partial charge in [-0.05, 0) is 12.1 Å². The molecule has 3 N–H and O–H groups in total. The van der Waals surface area contributed by atoms with Crippen molar-refractivity contribution in [2.24, 2.45) is 7.05 Å². The molecule has 8 heteroatoms. The summed E-state index contributed by atoms with van der Waals surface area (Å²) >= 11 is 0. The molecular weight excluding hydrogens is 314 g/mol. The average Bonchev–Trinajstić information content (AvgIpc) is 3.16. The molecular formula is C16H25N3O5. The van der Waals surface area contributed by atoms with Crippen molar-refractivity contribution in [2.75, 3.05) is 39.5 Å². The maximum Gasteiger partial charge on any atom is 0.267 e. The first-order valence-corrected chi connectivity index (χ1v) is 8.27. The minimum absolute atomic E-state index is 0.186. The summed E-state index contributed by atoms with van der Waals surface area (Å²) in [6.45, 7) is 2.64. The molecule has 2 fully saturated rings. The number of aliphatic hydroxyl groups is 2. The molecule has 0 bridgehead atoms. The molecule has 1 aromatic rings. The molecule has 0 aromatic carbocycles. The summed E-state index contributed by atoms with van der Waals surface area (Å²) in [7, 11) is 1.81. The lowest BCUT2D eigenvalue weighted by Crippen LogP contribution is -2.54. The number of ether oxygens (including phenoxy) is 2. The maximum atomic E-state index is 12.3. The van der Waals surface area contributed by atoms with Crippen LogP contribution in [0.15, 0.2) is 18.3 Å². The standard InChI is InChI=1S/C16H25N3O5/c1-18-4-2-3-11(18)16(22)17-9-12-14(15(21)13(10-20)24-12)19-5-7-23-8-6-19/h2-4,12-15,20-21H,5-10H2,1H3,(H,17,22)/t12-,13+,14+,15-/m1/s1. The SMILES string of the molecule is Cn1cccc1C(=O)NC[C@H]1O[C@@H](CO)[C@@H](O)[C@H]1N1CCOCC1. The number of hydrogen-bond donors (Lipinski definition) is 3. The second-order valence-corrected chi connectivity index (χ2v) is 6.24. The van der Waals surface area contributed by atoms with Crippen LogP contribution >= 0.6 is 0 Å².